The highest BCUT2D eigenvalue weighted by Crippen LogP contribution is 2.12. The Bertz CT molecular complexity index is 247. The first-order valence-electron chi connectivity index (χ1n) is 2.52. The molecular formula is C5H5ClO3. The van der Waals surface area contributed by atoms with Gasteiger partial charge in [0, 0.05) is 6.42 Å². The third-order valence-electron chi connectivity index (χ3n) is 0.920. The largest absolute Gasteiger partial charge is 0.520 e. The molecule has 0 bridgehead atoms. The topological polar surface area (TPSA) is 43.4 Å². The van der Waals surface area contributed by atoms with Crippen molar-refractivity contribution in [3.8, 4) is 0 Å². The molecule has 0 fully saturated rings. The van der Waals surface area contributed by atoms with E-state index in [0.717, 1.165) is 0 Å². The van der Waals surface area contributed by atoms with Crippen LogP contribution in [-0.4, -0.2) is 0 Å². The van der Waals surface area contributed by atoms with Gasteiger partial charge < -0.3 is 8.83 Å². The molecule has 3 nitrogen and oxygen atoms in total. The van der Waals surface area contributed by atoms with E-state index in [2.05, 4.69) is 8.83 Å². The van der Waals surface area contributed by atoms with E-state index >= 15 is 0 Å². The van der Waals surface area contributed by atoms with Crippen molar-refractivity contribution in [3.05, 3.63) is 21.6 Å². The summed E-state index contributed by atoms with van der Waals surface area (Å²) in [5, 5.41) is 0.0579. The van der Waals surface area contributed by atoms with Crippen molar-refractivity contribution in [2.24, 2.45) is 0 Å². The Morgan fingerprint density at radius 1 is 1.56 bits per heavy atom. The second-order valence-corrected chi connectivity index (χ2v) is 1.85. The lowest BCUT2D eigenvalue weighted by Crippen LogP contribution is -1.85. The predicted molar refractivity (Wildman–Crippen MR) is 31.6 cm³/mol. The van der Waals surface area contributed by atoms with Crippen LogP contribution in [0.1, 0.15) is 12.7 Å². The first-order chi connectivity index (χ1) is 4.24. The maximum absolute atomic E-state index is 10.3. The minimum Gasteiger partial charge on any atom is -0.394 e. The van der Waals surface area contributed by atoms with E-state index in [1.54, 1.807) is 0 Å². The zero-order chi connectivity index (χ0) is 6.85. The van der Waals surface area contributed by atoms with Crippen LogP contribution in [0.4, 0.5) is 0 Å². The summed E-state index contributed by atoms with van der Waals surface area (Å²) in [5.74, 6) is -0.335. The van der Waals surface area contributed by atoms with E-state index in [4.69, 9.17) is 11.6 Å². The van der Waals surface area contributed by atoms with Crippen molar-refractivity contribution < 1.29 is 8.83 Å². The number of hydrogen-bond acceptors (Lipinski definition) is 3. The lowest BCUT2D eigenvalue weighted by molar-refractivity contribution is 0.375. The smallest absolute Gasteiger partial charge is 0.394 e. The molecule has 4 heteroatoms. The van der Waals surface area contributed by atoms with Crippen molar-refractivity contribution >= 4 is 11.6 Å². The Morgan fingerprint density at radius 2 is 2.22 bits per heavy atom. The molecule has 1 rings (SSSR count). The van der Waals surface area contributed by atoms with Crippen LogP contribution in [0.25, 0.3) is 0 Å². The molecule has 9 heavy (non-hydrogen) atoms. The molecule has 0 saturated heterocycles. The summed E-state index contributed by atoms with van der Waals surface area (Å²) < 4.78 is 8.86. The number of halogens is 1. The molecular weight excluding hydrogens is 144 g/mol. The zero-order valence-corrected chi connectivity index (χ0v) is 5.57. The summed E-state index contributed by atoms with van der Waals surface area (Å²) in [5.41, 5.74) is 0. The quantitative estimate of drug-likeness (QED) is 0.606. The minimum absolute atomic E-state index is 0.0579. The molecule has 0 aliphatic rings. The first kappa shape index (κ1) is 6.42. The maximum Gasteiger partial charge on any atom is 0.520 e. The van der Waals surface area contributed by atoms with Crippen LogP contribution in [0.2, 0.25) is 5.22 Å². The summed E-state index contributed by atoms with van der Waals surface area (Å²) >= 11 is 5.38. The van der Waals surface area contributed by atoms with Gasteiger partial charge in [-0.1, -0.05) is 6.92 Å². The van der Waals surface area contributed by atoms with Crippen molar-refractivity contribution in [2.45, 2.75) is 13.3 Å². The maximum atomic E-state index is 10.3. The van der Waals surface area contributed by atoms with Crippen LogP contribution >= 0.6 is 11.6 Å². The Kier molecular flexibility index (Phi) is 1.62. The summed E-state index contributed by atoms with van der Waals surface area (Å²) in [6.07, 6.45) is 0.574. The Labute approximate surface area is 56.2 Å². The van der Waals surface area contributed by atoms with Crippen molar-refractivity contribution in [2.75, 3.05) is 0 Å². The molecule has 0 unspecified atom stereocenters. The van der Waals surface area contributed by atoms with Gasteiger partial charge in [0.1, 0.15) is 0 Å². The van der Waals surface area contributed by atoms with Crippen molar-refractivity contribution in [1.29, 1.82) is 0 Å². The van der Waals surface area contributed by atoms with Crippen molar-refractivity contribution in [1.82, 2.24) is 0 Å². The van der Waals surface area contributed by atoms with E-state index in [9.17, 15) is 4.79 Å². The van der Waals surface area contributed by atoms with Gasteiger partial charge in [-0.2, -0.15) is 0 Å². The summed E-state index contributed by atoms with van der Waals surface area (Å²) in [6.45, 7) is 1.82. The Balaban J connectivity index is 3.16. The van der Waals surface area contributed by atoms with Gasteiger partial charge in [0.2, 0.25) is 5.22 Å². The van der Waals surface area contributed by atoms with Crippen LogP contribution in [0.5, 0.6) is 0 Å². The van der Waals surface area contributed by atoms with E-state index in [0.29, 0.717) is 12.2 Å². The fraction of sp³-hybridized carbons (Fsp3) is 0.400. The Morgan fingerprint density at radius 3 is 2.44 bits per heavy atom. The fourth-order valence-electron chi connectivity index (χ4n) is 0.503. The predicted octanol–water partition coefficient (Wildman–Crippen LogP) is 1.45. The lowest BCUT2D eigenvalue weighted by Gasteiger charge is -1.80. The molecule has 0 atom stereocenters. The summed E-state index contributed by atoms with van der Waals surface area (Å²) in [6, 6.07) is 0. The zero-order valence-electron chi connectivity index (χ0n) is 4.81. The van der Waals surface area contributed by atoms with E-state index in [-0.39, 0.29) is 5.22 Å². The van der Waals surface area contributed by atoms with Crippen LogP contribution < -0.4 is 5.82 Å². The molecule has 0 aliphatic heterocycles. The van der Waals surface area contributed by atoms with Gasteiger partial charge in [-0.05, 0) is 11.6 Å². The molecule has 0 aliphatic carbocycles. The molecule has 0 amide bonds. The highest BCUT2D eigenvalue weighted by Gasteiger charge is 2.05. The van der Waals surface area contributed by atoms with E-state index < -0.39 is 5.82 Å². The van der Waals surface area contributed by atoms with Gasteiger partial charge in [-0.25, -0.2) is 4.79 Å². The second-order valence-electron chi connectivity index (χ2n) is 1.50. The molecule has 1 heterocycles. The summed E-state index contributed by atoms with van der Waals surface area (Å²) in [7, 11) is 0. The molecule has 1 aromatic rings. The van der Waals surface area contributed by atoms with Gasteiger partial charge in [0.15, 0.2) is 5.76 Å². The van der Waals surface area contributed by atoms with Crippen LogP contribution in [0, 0.1) is 0 Å². The molecule has 0 N–H and O–H groups in total. The van der Waals surface area contributed by atoms with Crippen LogP contribution in [0.3, 0.4) is 0 Å². The molecule has 0 aromatic carbocycles. The number of rotatable bonds is 1. The van der Waals surface area contributed by atoms with Crippen LogP contribution in [0.15, 0.2) is 13.6 Å². The highest BCUT2D eigenvalue weighted by atomic mass is 35.5. The molecule has 0 spiro atoms. The molecule has 1 aromatic heterocycles. The molecule has 0 radical (unpaired) electrons. The minimum atomic E-state index is -0.739. The third-order valence-corrected chi connectivity index (χ3v) is 1.21. The standard InChI is InChI=1S/C5H5ClO3/c1-2-3-4(6)9-5(7)8-3/h2H2,1H3. The monoisotopic (exact) mass is 148 g/mol. The third kappa shape index (κ3) is 1.16. The summed E-state index contributed by atoms with van der Waals surface area (Å²) in [4.78, 5) is 10.3. The first-order valence-corrected chi connectivity index (χ1v) is 2.90. The van der Waals surface area contributed by atoms with Gasteiger partial charge >= 0.3 is 5.82 Å². The number of hydrogen-bond donors (Lipinski definition) is 0. The van der Waals surface area contributed by atoms with E-state index in [1.807, 2.05) is 6.92 Å². The van der Waals surface area contributed by atoms with Crippen molar-refractivity contribution in [3.63, 3.8) is 0 Å². The molecule has 0 saturated carbocycles. The Hall–Kier alpha value is -0.700. The molecule has 50 valence electrons. The van der Waals surface area contributed by atoms with Gasteiger partial charge in [0.25, 0.3) is 0 Å². The average Bonchev–Trinajstić information content (AvgIpc) is 2.10. The average molecular weight is 149 g/mol. The number of aryl methyl sites for hydroxylation is 1. The van der Waals surface area contributed by atoms with Gasteiger partial charge in [-0.3, -0.25) is 0 Å². The fourth-order valence-corrected chi connectivity index (χ4v) is 0.738. The second kappa shape index (κ2) is 2.27. The van der Waals surface area contributed by atoms with E-state index in [1.165, 1.54) is 0 Å². The van der Waals surface area contributed by atoms with Crippen LogP contribution in [-0.2, 0) is 6.42 Å². The van der Waals surface area contributed by atoms with Gasteiger partial charge in [-0.15, -0.1) is 0 Å². The SMILES string of the molecule is CCc1oc(=O)oc1Cl. The lowest BCUT2D eigenvalue weighted by atomic mass is 10.4. The highest BCUT2D eigenvalue weighted by molar-refractivity contribution is 6.29. The van der Waals surface area contributed by atoms with Gasteiger partial charge in [0.05, 0.1) is 0 Å². The normalized spacial score (nSPS) is 10.0.